The Hall–Kier alpha value is -1.93. The molecule has 0 saturated carbocycles. The average Bonchev–Trinajstić information content (AvgIpc) is 2.50. The van der Waals surface area contributed by atoms with Crippen molar-refractivity contribution < 1.29 is 23.1 Å². The lowest BCUT2D eigenvalue weighted by atomic mass is 10.1. The molecule has 0 radical (unpaired) electrons. The molecule has 7 nitrogen and oxygen atoms in total. The fraction of sp³-hybridized carbons (Fsp3) is 0.467. The number of carboxylic acid groups (broad SMARTS) is 1. The van der Waals surface area contributed by atoms with Crippen LogP contribution in [0.4, 0.5) is 0 Å². The predicted molar refractivity (Wildman–Crippen MR) is 85.7 cm³/mol. The van der Waals surface area contributed by atoms with Crippen LogP contribution in [0.2, 0.25) is 0 Å². The van der Waals surface area contributed by atoms with Gasteiger partial charge in [0, 0.05) is 19.2 Å². The van der Waals surface area contributed by atoms with Crippen molar-refractivity contribution in [2.75, 3.05) is 13.6 Å². The minimum Gasteiger partial charge on any atom is -0.480 e. The van der Waals surface area contributed by atoms with E-state index in [2.05, 4.69) is 4.72 Å². The lowest BCUT2D eigenvalue weighted by Crippen LogP contribution is -2.44. The van der Waals surface area contributed by atoms with Gasteiger partial charge in [0.15, 0.2) is 0 Å². The molecule has 128 valence electrons. The van der Waals surface area contributed by atoms with Gasteiger partial charge in [-0.3, -0.25) is 9.59 Å². The number of nitrogens with zero attached hydrogens (tertiary/aromatic N) is 1. The highest BCUT2D eigenvalue weighted by Crippen LogP contribution is 2.15. The van der Waals surface area contributed by atoms with Crippen molar-refractivity contribution in [2.45, 2.75) is 31.7 Å². The van der Waals surface area contributed by atoms with Crippen molar-refractivity contribution in [2.24, 2.45) is 5.92 Å². The zero-order valence-electron chi connectivity index (χ0n) is 13.6. The lowest BCUT2D eigenvalue weighted by Gasteiger charge is -2.19. The molecule has 1 aromatic rings. The van der Waals surface area contributed by atoms with Gasteiger partial charge in [0.1, 0.15) is 6.04 Å². The Morgan fingerprint density at radius 2 is 1.91 bits per heavy atom. The van der Waals surface area contributed by atoms with Crippen molar-refractivity contribution in [1.82, 2.24) is 9.62 Å². The number of amides is 1. The van der Waals surface area contributed by atoms with Crippen LogP contribution in [-0.4, -0.2) is 49.9 Å². The Morgan fingerprint density at radius 1 is 1.30 bits per heavy atom. The highest BCUT2D eigenvalue weighted by molar-refractivity contribution is 7.89. The summed E-state index contributed by atoms with van der Waals surface area (Å²) in [4.78, 5) is 24.6. The Balaban J connectivity index is 3.15. The summed E-state index contributed by atoms with van der Waals surface area (Å²) < 4.78 is 26.9. The SMILES string of the molecule is CCN(C)C(=O)c1cccc(S(=O)(=O)N[C@H](C(=O)O)C(C)C)c1. The molecule has 1 atom stereocenters. The number of hydrogen-bond donors (Lipinski definition) is 2. The van der Waals surface area contributed by atoms with Gasteiger partial charge in [-0.1, -0.05) is 19.9 Å². The molecule has 0 saturated heterocycles. The van der Waals surface area contributed by atoms with E-state index in [1.54, 1.807) is 27.8 Å². The lowest BCUT2D eigenvalue weighted by molar-refractivity contribution is -0.140. The largest absolute Gasteiger partial charge is 0.480 e. The number of sulfonamides is 1. The molecule has 0 aromatic heterocycles. The zero-order chi connectivity index (χ0) is 17.8. The van der Waals surface area contributed by atoms with Crippen LogP contribution in [-0.2, 0) is 14.8 Å². The standard InChI is InChI=1S/C15H22N2O5S/c1-5-17(4)14(18)11-7-6-8-12(9-11)23(21,22)16-13(10(2)3)15(19)20/h6-10,13,16H,5H2,1-4H3,(H,19,20)/t13-/m0/s1. The highest BCUT2D eigenvalue weighted by Gasteiger charge is 2.28. The fourth-order valence-electron chi connectivity index (χ4n) is 1.87. The van der Waals surface area contributed by atoms with E-state index in [1.165, 1.54) is 29.2 Å². The average molecular weight is 342 g/mol. The summed E-state index contributed by atoms with van der Waals surface area (Å²) in [6.07, 6.45) is 0. The van der Waals surface area contributed by atoms with Crippen LogP contribution in [0.3, 0.4) is 0 Å². The molecule has 0 fully saturated rings. The zero-order valence-corrected chi connectivity index (χ0v) is 14.4. The van der Waals surface area contributed by atoms with Gasteiger partial charge in [-0.25, -0.2) is 8.42 Å². The smallest absolute Gasteiger partial charge is 0.322 e. The van der Waals surface area contributed by atoms with Crippen LogP contribution in [0.15, 0.2) is 29.2 Å². The molecule has 0 heterocycles. The first kappa shape index (κ1) is 19.1. The molecule has 0 spiro atoms. The quantitative estimate of drug-likeness (QED) is 0.774. The Morgan fingerprint density at radius 3 is 2.39 bits per heavy atom. The monoisotopic (exact) mass is 342 g/mol. The van der Waals surface area contributed by atoms with E-state index in [0.717, 1.165) is 0 Å². The van der Waals surface area contributed by atoms with Gasteiger partial charge in [0.05, 0.1) is 4.90 Å². The van der Waals surface area contributed by atoms with Crippen LogP contribution in [0.25, 0.3) is 0 Å². The van der Waals surface area contributed by atoms with E-state index in [4.69, 9.17) is 5.11 Å². The van der Waals surface area contributed by atoms with Crippen molar-refractivity contribution in [3.05, 3.63) is 29.8 Å². The van der Waals surface area contributed by atoms with Crippen molar-refractivity contribution in [3.8, 4) is 0 Å². The van der Waals surface area contributed by atoms with Crippen LogP contribution in [0, 0.1) is 5.92 Å². The van der Waals surface area contributed by atoms with E-state index in [-0.39, 0.29) is 16.4 Å². The van der Waals surface area contributed by atoms with Gasteiger partial charge < -0.3 is 10.0 Å². The third-order valence-corrected chi connectivity index (χ3v) is 4.87. The van der Waals surface area contributed by atoms with Crippen LogP contribution < -0.4 is 4.72 Å². The van der Waals surface area contributed by atoms with Gasteiger partial charge in [0.2, 0.25) is 10.0 Å². The van der Waals surface area contributed by atoms with Gasteiger partial charge in [-0.15, -0.1) is 0 Å². The maximum Gasteiger partial charge on any atom is 0.322 e. The number of carboxylic acids is 1. The van der Waals surface area contributed by atoms with E-state index in [1.807, 2.05) is 0 Å². The minimum atomic E-state index is -4.04. The third-order valence-electron chi connectivity index (χ3n) is 3.43. The molecule has 23 heavy (non-hydrogen) atoms. The van der Waals surface area contributed by atoms with Gasteiger partial charge in [0.25, 0.3) is 5.91 Å². The number of hydrogen-bond acceptors (Lipinski definition) is 4. The van der Waals surface area contributed by atoms with Crippen LogP contribution in [0.5, 0.6) is 0 Å². The first-order valence-corrected chi connectivity index (χ1v) is 8.69. The van der Waals surface area contributed by atoms with Crippen molar-refractivity contribution in [3.63, 3.8) is 0 Å². The summed E-state index contributed by atoms with van der Waals surface area (Å²) in [6.45, 7) is 5.51. The molecule has 0 aliphatic rings. The number of carbonyl (C=O) groups is 2. The summed E-state index contributed by atoms with van der Waals surface area (Å²) in [6, 6.07) is 4.30. The second-order valence-corrected chi connectivity index (χ2v) is 7.24. The summed E-state index contributed by atoms with van der Waals surface area (Å²) in [5.74, 6) is -1.97. The van der Waals surface area contributed by atoms with Gasteiger partial charge in [-0.2, -0.15) is 4.72 Å². The molecule has 0 unspecified atom stereocenters. The number of rotatable bonds is 7. The first-order chi connectivity index (χ1) is 10.6. The van der Waals surface area contributed by atoms with Crippen molar-refractivity contribution in [1.29, 1.82) is 0 Å². The normalized spacial score (nSPS) is 12.9. The second kappa shape index (κ2) is 7.56. The first-order valence-electron chi connectivity index (χ1n) is 7.20. The molecule has 1 aromatic carbocycles. The van der Waals surface area contributed by atoms with Gasteiger partial charge in [-0.05, 0) is 31.0 Å². The molecule has 1 amide bonds. The van der Waals surface area contributed by atoms with E-state index >= 15 is 0 Å². The fourth-order valence-corrected chi connectivity index (χ4v) is 3.25. The molecular weight excluding hydrogens is 320 g/mol. The topological polar surface area (TPSA) is 104 Å². The van der Waals surface area contributed by atoms with E-state index in [9.17, 15) is 18.0 Å². The molecule has 0 aliphatic heterocycles. The maximum atomic E-state index is 12.4. The number of aliphatic carboxylic acids is 1. The second-order valence-electron chi connectivity index (χ2n) is 5.53. The van der Waals surface area contributed by atoms with Gasteiger partial charge >= 0.3 is 5.97 Å². The highest BCUT2D eigenvalue weighted by atomic mass is 32.2. The predicted octanol–water partition coefficient (Wildman–Crippen LogP) is 1.17. The summed E-state index contributed by atoms with van der Waals surface area (Å²) in [7, 11) is -2.43. The molecule has 0 bridgehead atoms. The van der Waals surface area contributed by atoms with Crippen LogP contribution in [0.1, 0.15) is 31.1 Å². The Bertz CT molecular complexity index is 685. The summed E-state index contributed by atoms with van der Waals surface area (Å²) in [5, 5.41) is 9.11. The number of carbonyl (C=O) groups excluding carboxylic acids is 1. The summed E-state index contributed by atoms with van der Waals surface area (Å²) >= 11 is 0. The summed E-state index contributed by atoms with van der Waals surface area (Å²) in [5.41, 5.74) is 0.230. The van der Waals surface area contributed by atoms with Crippen LogP contribution >= 0.6 is 0 Å². The molecule has 1 rings (SSSR count). The Kier molecular flexibility index (Phi) is 6.28. The molecule has 0 aliphatic carbocycles. The number of benzene rings is 1. The Labute approximate surface area is 136 Å². The third kappa shape index (κ3) is 4.77. The van der Waals surface area contributed by atoms with E-state index in [0.29, 0.717) is 6.54 Å². The minimum absolute atomic E-state index is 0.139. The number of nitrogens with one attached hydrogen (secondary N) is 1. The molecular formula is C15H22N2O5S. The van der Waals surface area contributed by atoms with Crippen molar-refractivity contribution >= 4 is 21.9 Å². The maximum absolute atomic E-state index is 12.4. The van der Waals surface area contributed by atoms with E-state index < -0.39 is 28.0 Å². The molecule has 8 heteroatoms. The molecule has 2 N–H and O–H groups in total.